The smallest absolute Gasteiger partial charge is 0.225 e. The molecule has 0 aliphatic carbocycles. The molecule has 1 aromatic heterocycles. The molecule has 9 heteroatoms. The Hall–Kier alpha value is -1.98. The van der Waals surface area contributed by atoms with E-state index in [4.69, 9.17) is 4.74 Å². The third-order valence-corrected chi connectivity index (χ3v) is 5.75. The summed E-state index contributed by atoms with van der Waals surface area (Å²) in [6.07, 6.45) is 3.59. The van der Waals surface area contributed by atoms with E-state index < -0.39 is 0 Å². The lowest BCUT2D eigenvalue weighted by atomic mass is 10.0. The Labute approximate surface area is 201 Å². The second kappa shape index (κ2) is 12.2. The van der Waals surface area contributed by atoms with Crippen LogP contribution in [0, 0.1) is 0 Å². The lowest BCUT2D eigenvalue weighted by molar-refractivity contribution is 0.0169. The molecule has 3 heterocycles. The number of halogens is 1. The Morgan fingerprint density at radius 1 is 1.00 bits per heavy atom. The van der Waals surface area contributed by atoms with E-state index in [9.17, 15) is 0 Å². The van der Waals surface area contributed by atoms with Gasteiger partial charge in [0.15, 0.2) is 5.96 Å². The second-order valence-corrected chi connectivity index (χ2v) is 7.53. The average Bonchev–Trinajstić information content (AvgIpc) is 2.84. The molecule has 1 unspecified atom stereocenters. The number of anilines is 1. The van der Waals surface area contributed by atoms with Crippen LogP contribution in [0.1, 0.15) is 11.6 Å². The van der Waals surface area contributed by atoms with Crippen LogP contribution in [-0.4, -0.2) is 91.8 Å². The molecule has 1 aromatic carbocycles. The number of morpholine rings is 1. The van der Waals surface area contributed by atoms with E-state index in [1.54, 1.807) is 12.4 Å². The van der Waals surface area contributed by atoms with Gasteiger partial charge in [0.05, 0.1) is 19.3 Å². The maximum atomic E-state index is 5.57. The number of nitrogens with one attached hydrogen (secondary N) is 1. The lowest BCUT2D eigenvalue weighted by Gasteiger charge is -2.38. The van der Waals surface area contributed by atoms with Crippen molar-refractivity contribution in [2.75, 3.05) is 71.0 Å². The zero-order valence-corrected chi connectivity index (χ0v) is 20.4. The molecule has 0 bridgehead atoms. The number of hydrogen-bond acceptors (Lipinski definition) is 6. The summed E-state index contributed by atoms with van der Waals surface area (Å²) in [6, 6.07) is 12.9. The van der Waals surface area contributed by atoms with Gasteiger partial charge in [-0.15, -0.1) is 24.0 Å². The minimum Gasteiger partial charge on any atom is -0.379 e. The van der Waals surface area contributed by atoms with Crippen LogP contribution in [0.15, 0.2) is 53.8 Å². The van der Waals surface area contributed by atoms with Gasteiger partial charge >= 0.3 is 0 Å². The Balaban J connectivity index is 0.00000272. The maximum Gasteiger partial charge on any atom is 0.225 e. The van der Waals surface area contributed by atoms with Crippen molar-refractivity contribution in [1.29, 1.82) is 0 Å². The zero-order valence-electron chi connectivity index (χ0n) is 18.1. The van der Waals surface area contributed by atoms with E-state index in [1.807, 2.05) is 13.1 Å². The van der Waals surface area contributed by atoms with Crippen LogP contribution in [0.4, 0.5) is 5.95 Å². The molecule has 2 aromatic rings. The predicted octanol–water partition coefficient (Wildman–Crippen LogP) is 1.87. The van der Waals surface area contributed by atoms with E-state index in [2.05, 4.69) is 65.3 Å². The highest BCUT2D eigenvalue weighted by atomic mass is 127. The molecule has 0 spiro atoms. The molecule has 168 valence electrons. The van der Waals surface area contributed by atoms with Gasteiger partial charge in [-0.2, -0.15) is 0 Å². The quantitative estimate of drug-likeness (QED) is 0.355. The average molecular weight is 537 g/mol. The highest BCUT2D eigenvalue weighted by molar-refractivity contribution is 14.0. The normalized spacial score (nSPS) is 18.9. The van der Waals surface area contributed by atoms with Gasteiger partial charge in [-0.3, -0.25) is 9.89 Å². The molecule has 2 fully saturated rings. The van der Waals surface area contributed by atoms with Crippen LogP contribution in [0.5, 0.6) is 0 Å². The van der Waals surface area contributed by atoms with Crippen LogP contribution in [0.25, 0.3) is 0 Å². The Bertz CT molecular complexity index is 794. The van der Waals surface area contributed by atoms with Gasteiger partial charge in [-0.05, 0) is 11.6 Å². The van der Waals surface area contributed by atoms with Gasteiger partial charge in [0.1, 0.15) is 0 Å². The van der Waals surface area contributed by atoms with E-state index in [0.717, 1.165) is 70.9 Å². The van der Waals surface area contributed by atoms with Crippen LogP contribution in [0.3, 0.4) is 0 Å². The number of nitrogens with zero attached hydrogens (tertiary/aromatic N) is 6. The van der Waals surface area contributed by atoms with E-state index >= 15 is 0 Å². The van der Waals surface area contributed by atoms with Crippen molar-refractivity contribution in [2.45, 2.75) is 6.04 Å². The van der Waals surface area contributed by atoms with Crippen molar-refractivity contribution in [3.8, 4) is 0 Å². The largest absolute Gasteiger partial charge is 0.379 e. The molecule has 0 saturated carbocycles. The molecule has 2 aliphatic rings. The SMILES string of the molecule is CN=C(NCC(c1ccccc1)N1CCOCC1)N1CCN(c2ncccn2)CC1.I. The number of piperazine rings is 1. The Kier molecular flexibility index (Phi) is 9.29. The van der Waals surface area contributed by atoms with E-state index in [1.165, 1.54) is 5.56 Å². The number of ether oxygens (including phenoxy) is 1. The molecule has 4 rings (SSSR count). The van der Waals surface area contributed by atoms with Crippen LogP contribution >= 0.6 is 24.0 Å². The van der Waals surface area contributed by atoms with Crippen molar-refractivity contribution in [3.63, 3.8) is 0 Å². The molecule has 2 aliphatic heterocycles. The van der Waals surface area contributed by atoms with Crippen molar-refractivity contribution in [2.24, 2.45) is 4.99 Å². The van der Waals surface area contributed by atoms with Crippen molar-refractivity contribution in [1.82, 2.24) is 25.1 Å². The minimum atomic E-state index is 0. The summed E-state index contributed by atoms with van der Waals surface area (Å²) in [6.45, 7) is 7.87. The highest BCUT2D eigenvalue weighted by Gasteiger charge is 2.25. The van der Waals surface area contributed by atoms with Gasteiger partial charge in [0.25, 0.3) is 0 Å². The molecule has 0 amide bonds. The first-order chi connectivity index (χ1) is 14.8. The number of hydrogen-bond donors (Lipinski definition) is 1. The first-order valence-corrected chi connectivity index (χ1v) is 10.7. The van der Waals surface area contributed by atoms with E-state index in [0.29, 0.717) is 6.04 Å². The fraction of sp³-hybridized carbons (Fsp3) is 0.500. The van der Waals surface area contributed by atoms with Crippen LogP contribution in [0.2, 0.25) is 0 Å². The minimum absolute atomic E-state index is 0. The predicted molar refractivity (Wildman–Crippen MR) is 134 cm³/mol. The number of rotatable bonds is 5. The van der Waals surface area contributed by atoms with Gasteiger partial charge in [0.2, 0.25) is 5.95 Å². The van der Waals surface area contributed by atoms with Gasteiger partial charge in [-0.1, -0.05) is 30.3 Å². The molecule has 1 N–H and O–H groups in total. The molecular formula is C22H32IN7O. The fourth-order valence-electron chi connectivity index (χ4n) is 4.12. The van der Waals surface area contributed by atoms with Crippen molar-refractivity contribution < 1.29 is 4.74 Å². The molecule has 2 saturated heterocycles. The summed E-state index contributed by atoms with van der Waals surface area (Å²) in [5.74, 6) is 1.76. The second-order valence-electron chi connectivity index (χ2n) is 7.53. The van der Waals surface area contributed by atoms with Crippen molar-refractivity contribution >= 4 is 35.9 Å². The number of guanidine groups is 1. The van der Waals surface area contributed by atoms with Gasteiger partial charge < -0.3 is 19.9 Å². The summed E-state index contributed by atoms with van der Waals surface area (Å²) >= 11 is 0. The number of benzene rings is 1. The molecule has 1 atom stereocenters. The molecule has 0 radical (unpaired) electrons. The molecule has 31 heavy (non-hydrogen) atoms. The summed E-state index contributed by atoms with van der Waals surface area (Å²) in [4.78, 5) is 20.4. The Morgan fingerprint density at radius 2 is 1.68 bits per heavy atom. The summed E-state index contributed by atoms with van der Waals surface area (Å²) in [5.41, 5.74) is 1.33. The first kappa shape index (κ1) is 23.7. The third kappa shape index (κ3) is 6.27. The summed E-state index contributed by atoms with van der Waals surface area (Å²) < 4.78 is 5.57. The molecular weight excluding hydrogens is 505 g/mol. The van der Waals surface area contributed by atoms with Gasteiger partial charge in [0, 0.05) is 65.3 Å². The molecule has 8 nitrogen and oxygen atoms in total. The number of aliphatic imine (C=N–C) groups is 1. The van der Waals surface area contributed by atoms with Crippen molar-refractivity contribution in [3.05, 3.63) is 54.4 Å². The monoisotopic (exact) mass is 537 g/mol. The summed E-state index contributed by atoms with van der Waals surface area (Å²) in [7, 11) is 1.86. The fourth-order valence-corrected chi connectivity index (χ4v) is 4.12. The summed E-state index contributed by atoms with van der Waals surface area (Å²) in [5, 5.41) is 3.63. The van der Waals surface area contributed by atoms with Gasteiger partial charge in [-0.25, -0.2) is 9.97 Å². The van der Waals surface area contributed by atoms with Crippen LogP contribution < -0.4 is 10.2 Å². The van der Waals surface area contributed by atoms with Crippen LogP contribution in [-0.2, 0) is 4.74 Å². The van der Waals surface area contributed by atoms with E-state index in [-0.39, 0.29) is 24.0 Å². The zero-order chi connectivity index (χ0) is 20.6. The number of aromatic nitrogens is 2. The third-order valence-electron chi connectivity index (χ3n) is 5.75. The topological polar surface area (TPSA) is 69.1 Å². The lowest BCUT2D eigenvalue weighted by Crippen LogP contribution is -2.54. The Morgan fingerprint density at radius 3 is 2.32 bits per heavy atom. The first-order valence-electron chi connectivity index (χ1n) is 10.7. The standard InChI is InChI=1S/C22H31N7O.HI/c1-23-21(28-10-12-29(13-11-28)22-24-8-5-9-25-22)26-18-20(19-6-3-2-4-7-19)27-14-16-30-17-15-27;/h2-9,20H,10-18H2,1H3,(H,23,26);1H. The maximum absolute atomic E-state index is 5.57. The highest BCUT2D eigenvalue weighted by Crippen LogP contribution is 2.21.